The Bertz CT molecular complexity index is 441. The molecule has 0 heterocycles. The van der Waals surface area contributed by atoms with E-state index in [4.69, 9.17) is 4.74 Å². The lowest BCUT2D eigenvalue weighted by Gasteiger charge is -2.35. The molecule has 1 aromatic rings. The zero-order valence-electron chi connectivity index (χ0n) is 13.5. The van der Waals surface area contributed by atoms with Crippen molar-refractivity contribution in [3.8, 4) is 0 Å². The summed E-state index contributed by atoms with van der Waals surface area (Å²) in [5.41, 5.74) is 2.48. The second kappa shape index (κ2) is 7.63. The van der Waals surface area contributed by atoms with Gasteiger partial charge in [0.25, 0.3) is 0 Å². The zero-order valence-corrected chi connectivity index (χ0v) is 13.5. The number of carbonyl (C=O) groups is 1. The molecule has 0 N–H and O–H groups in total. The van der Waals surface area contributed by atoms with E-state index in [1.165, 1.54) is 30.4 Å². The number of ether oxygens (including phenoxy) is 1. The van der Waals surface area contributed by atoms with Crippen molar-refractivity contribution in [2.75, 3.05) is 6.61 Å². The summed E-state index contributed by atoms with van der Waals surface area (Å²) >= 11 is 0. The Balaban J connectivity index is 1.92. The van der Waals surface area contributed by atoms with Crippen LogP contribution in [0.2, 0.25) is 0 Å². The second-order valence-corrected chi connectivity index (χ2v) is 6.40. The van der Waals surface area contributed by atoms with Crippen molar-refractivity contribution in [1.29, 1.82) is 0 Å². The number of hydrogen-bond acceptors (Lipinski definition) is 2. The number of hydrogen-bond donors (Lipinski definition) is 0. The number of carbonyl (C=O) groups excluding carboxylic acids is 1. The minimum atomic E-state index is -0.195. The smallest absolute Gasteiger partial charge is 0.312 e. The molecule has 0 aliphatic heterocycles. The Morgan fingerprint density at radius 3 is 2.43 bits per heavy atom. The molecule has 0 saturated heterocycles. The van der Waals surface area contributed by atoms with Gasteiger partial charge in [-0.1, -0.05) is 49.1 Å². The maximum atomic E-state index is 12.4. The molecule has 0 aromatic heterocycles. The fraction of sp³-hybridized carbons (Fsp3) is 0.632. The van der Waals surface area contributed by atoms with Crippen LogP contribution in [-0.2, 0) is 16.0 Å². The molecule has 0 amide bonds. The number of aryl methyl sites for hydroxylation is 2. The van der Waals surface area contributed by atoms with Crippen molar-refractivity contribution in [1.82, 2.24) is 0 Å². The highest BCUT2D eigenvalue weighted by atomic mass is 16.5. The molecule has 1 saturated carbocycles. The molecule has 2 nitrogen and oxygen atoms in total. The van der Waals surface area contributed by atoms with Crippen LogP contribution in [0, 0.1) is 12.3 Å². The van der Waals surface area contributed by atoms with E-state index in [2.05, 4.69) is 31.2 Å². The first kappa shape index (κ1) is 16.1. The molecule has 116 valence electrons. The van der Waals surface area contributed by atoms with Crippen molar-refractivity contribution >= 4 is 5.97 Å². The first-order valence-electron chi connectivity index (χ1n) is 8.39. The zero-order chi connectivity index (χ0) is 15.1. The third-order valence-electron chi connectivity index (χ3n) is 4.76. The highest BCUT2D eigenvalue weighted by Crippen LogP contribution is 2.41. The van der Waals surface area contributed by atoms with E-state index in [-0.39, 0.29) is 11.4 Å². The predicted molar refractivity (Wildman–Crippen MR) is 86.3 cm³/mol. The van der Waals surface area contributed by atoms with Crippen molar-refractivity contribution < 1.29 is 9.53 Å². The van der Waals surface area contributed by atoms with Crippen LogP contribution in [0.4, 0.5) is 0 Å². The van der Waals surface area contributed by atoms with Crippen LogP contribution in [-0.4, -0.2) is 12.6 Å². The van der Waals surface area contributed by atoms with E-state index in [0.29, 0.717) is 6.61 Å². The summed E-state index contributed by atoms with van der Waals surface area (Å²) in [4.78, 5) is 12.4. The summed E-state index contributed by atoms with van der Waals surface area (Å²) in [6.45, 7) is 4.51. The van der Waals surface area contributed by atoms with Gasteiger partial charge in [-0.25, -0.2) is 0 Å². The van der Waals surface area contributed by atoms with Crippen molar-refractivity contribution in [2.24, 2.45) is 5.41 Å². The van der Waals surface area contributed by atoms with E-state index in [1.54, 1.807) is 0 Å². The predicted octanol–water partition coefficient (Wildman–Crippen LogP) is 4.83. The van der Waals surface area contributed by atoms with Crippen LogP contribution in [0.15, 0.2) is 24.3 Å². The Kier molecular flexibility index (Phi) is 5.84. The molecule has 0 unspecified atom stereocenters. The van der Waals surface area contributed by atoms with Crippen LogP contribution in [0.25, 0.3) is 0 Å². The molecule has 21 heavy (non-hydrogen) atoms. The second-order valence-electron chi connectivity index (χ2n) is 6.40. The monoisotopic (exact) mass is 288 g/mol. The molecule has 1 aromatic carbocycles. The molecule has 1 aliphatic carbocycles. The number of rotatable bonds is 6. The molecule has 0 radical (unpaired) electrons. The lowest BCUT2D eigenvalue weighted by Crippen LogP contribution is -2.35. The molecule has 2 heteroatoms. The normalized spacial score (nSPS) is 17.4. The third kappa shape index (κ3) is 4.33. The fourth-order valence-electron chi connectivity index (χ4n) is 3.45. The average molecular weight is 288 g/mol. The lowest BCUT2D eigenvalue weighted by atomic mass is 9.71. The van der Waals surface area contributed by atoms with E-state index in [9.17, 15) is 4.79 Å². The van der Waals surface area contributed by atoms with Crippen LogP contribution < -0.4 is 0 Å². The first-order valence-corrected chi connectivity index (χ1v) is 8.39. The molecule has 1 fully saturated rings. The Labute approximate surface area is 128 Å². The quantitative estimate of drug-likeness (QED) is 0.701. The minimum absolute atomic E-state index is 0.0496. The standard InChI is InChI=1S/C19H28O2/c1-3-21-18(20)19(13-5-4-6-14-19)15-7-8-17-11-9-16(2)10-12-17/h9-12H,3-8,13-15H2,1-2H3. The summed E-state index contributed by atoms with van der Waals surface area (Å²) in [5.74, 6) is 0.0496. The molecule has 1 aliphatic rings. The number of esters is 1. The van der Waals surface area contributed by atoms with Crippen molar-refractivity contribution in [3.63, 3.8) is 0 Å². The van der Waals surface area contributed by atoms with E-state index in [0.717, 1.165) is 32.1 Å². The SMILES string of the molecule is CCOC(=O)C1(CCCc2ccc(C)cc2)CCCCC1. The highest BCUT2D eigenvalue weighted by Gasteiger charge is 2.40. The summed E-state index contributed by atoms with van der Waals surface area (Å²) < 4.78 is 5.36. The largest absolute Gasteiger partial charge is 0.466 e. The van der Waals surface area contributed by atoms with Gasteiger partial charge in [-0.15, -0.1) is 0 Å². The third-order valence-corrected chi connectivity index (χ3v) is 4.76. The van der Waals surface area contributed by atoms with Gasteiger partial charge in [0.15, 0.2) is 0 Å². The summed E-state index contributed by atoms with van der Waals surface area (Å²) in [5, 5.41) is 0. The van der Waals surface area contributed by atoms with Gasteiger partial charge in [-0.05, 0) is 51.5 Å². The maximum absolute atomic E-state index is 12.4. The van der Waals surface area contributed by atoms with Gasteiger partial charge in [-0.3, -0.25) is 4.79 Å². The minimum Gasteiger partial charge on any atom is -0.466 e. The molecular formula is C19H28O2. The summed E-state index contributed by atoms with van der Waals surface area (Å²) in [7, 11) is 0. The Hall–Kier alpha value is -1.31. The Morgan fingerprint density at radius 2 is 1.81 bits per heavy atom. The van der Waals surface area contributed by atoms with E-state index >= 15 is 0 Å². The van der Waals surface area contributed by atoms with Gasteiger partial charge in [0, 0.05) is 0 Å². The Morgan fingerprint density at radius 1 is 1.14 bits per heavy atom. The molecule has 2 rings (SSSR count). The number of benzene rings is 1. The summed E-state index contributed by atoms with van der Waals surface area (Å²) in [6, 6.07) is 8.73. The molecule has 0 spiro atoms. The molecule has 0 bridgehead atoms. The fourth-order valence-corrected chi connectivity index (χ4v) is 3.45. The van der Waals surface area contributed by atoms with Gasteiger partial charge >= 0.3 is 5.97 Å². The van der Waals surface area contributed by atoms with Crippen LogP contribution >= 0.6 is 0 Å². The van der Waals surface area contributed by atoms with Gasteiger partial charge in [-0.2, -0.15) is 0 Å². The molecular weight excluding hydrogens is 260 g/mol. The first-order chi connectivity index (χ1) is 10.2. The van der Waals surface area contributed by atoms with Crippen LogP contribution in [0.1, 0.15) is 63.0 Å². The van der Waals surface area contributed by atoms with Crippen LogP contribution in [0.3, 0.4) is 0 Å². The van der Waals surface area contributed by atoms with Gasteiger partial charge in [0.1, 0.15) is 0 Å². The van der Waals surface area contributed by atoms with Gasteiger partial charge < -0.3 is 4.74 Å². The average Bonchev–Trinajstić information content (AvgIpc) is 2.50. The van der Waals surface area contributed by atoms with E-state index in [1.807, 2.05) is 6.92 Å². The van der Waals surface area contributed by atoms with Crippen LogP contribution in [0.5, 0.6) is 0 Å². The topological polar surface area (TPSA) is 26.3 Å². The summed E-state index contributed by atoms with van der Waals surface area (Å²) in [6.07, 6.45) is 8.73. The van der Waals surface area contributed by atoms with Gasteiger partial charge in [0.2, 0.25) is 0 Å². The maximum Gasteiger partial charge on any atom is 0.312 e. The van der Waals surface area contributed by atoms with Gasteiger partial charge in [0.05, 0.1) is 12.0 Å². The highest BCUT2D eigenvalue weighted by molar-refractivity contribution is 5.76. The van der Waals surface area contributed by atoms with E-state index < -0.39 is 0 Å². The lowest BCUT2D eigenvalue weighted by molar-refractivity contribution is -0.158. The van der Waals surface area contributed by atoms with Crippen molar-refractivity contribution in [3.05, 3.63) is 35.4 Å². The van der Waals surface area contributed by atoms with Crippen molar-refractivity contribution in [2.45, 2.75) is 65.2 Å². The molecule has 0 atom stereocenters.